The summed E-state index contributed by atoms with van der Waals surface area (Å²) in [5.41, 5.74) is 6.12. The van der Waals surface area contributed by atoms with Gasteiger partial charge >= 0.3 is 0 Å². The molecule has 0 atom stereocenters. The first kappa shape index (κ1) is 35.6. The average Bonchev–Trinajstić information content (AvgIpc) is 2.87. The molecule has 41 heavy (non-hydrogen) atoms. The van der Waals surface area contributed by atoms with E-state index in [0.29, 0.717) is 11.5 Å². The third-order valence-electron chi connectivity index (χ3n) is 8.88. The van der Waals surface area contributed by atoms with Crippen LogP contribution in [0.15, 0.2) is 24.3 Å². The zero-order valence-corrected chi connectivity index (χ0v) is 29.1. The van der Waals surface area contributed by atoms with Gasteiger partial charge in [0.2, 0.25) is 0 Å². The predicted molar refractivity (Wildman–Crippen MR) is 183 cm³/mol. The number of hydrogen-bond acceptors (Lipinski definition) is 3. The van der Waals surface area contributed by atoms with E-state index < -0.39 is 0 Å². The van der Waals surface area contributed by atoms with Gasteiger partial charge in [-0.15, -0.1) is 0 Å². The molecule has 0 amide bonds. The number of phenols is 2. The van der Waals surface area contributed by atoms with Crippen molar-refractivity contribution in [3.8, 4) is 11.5 Å². The summed E-state index contributed by atoms with van der Waals surface area (Å²) in [7, 11) is 0. The van der Waals surface area contributed by atoms with Crippen molar-refractivity contribution in [1.29, 1.82) is 0 Å². The van der Waals surface area contributed by atoms with Crippen molar-refractivity contribution in [2.75, 3.05) is 11.5 Å². The zero-order valence-electron chi connectivity index (χ0n) is 28.3. The Hall–Kier alpha value is -1.61. The van der Waals surface area contributed by atoms with Crippen LogP contribution in [0.3, 0.4) is 0 Å². The summed E-state index contributed by atoms with van der Waals surface area (Å²) < 4.78 is 0. The number of thioether (sulfide) groups is 1. The van der Waals surface area contributed by atoms with Crippen molar-refractivity contribution in [3.05, 3.63) is 57.6 Å². The lowest BCUT2D eigenvalue weighted by molar-refractivity contribution is 0.437. The molecule has 0 aliphatic heterocycles. The molecule has 0 fully saturated rings. The molecule has 0 heterocycles. The highest BCUT2D eigenvalue weighted by molar-refractivity contribution is 7.99. The van der Waals surface area contributed by atoms with Crippen LogP contribution in [0.25, 0.3) is 0 Å². The van der Waals surface area contributed by atoms with E-state index in [1.165, 1.54) is 81.1 Å². The third-order valence-corrected chi connectivity index (χ3v) is 9.95. The highest BCUT2D eigenvalue weighted by Gasteiger charge is 2.35. The molecule has 0 radical (unpaired) electrons. The fourth-order valence-corrected chi connectivity index (χ4v) is 7.43. The third kappa shape index (κ3) is 10.3. The number of rotatable bonds is 16. The quantitative estimate of drug-likeness (QED) is 0.193. The minimum atomic E-state index is -0.319. The van der Waals surface area contributed by atoms with E-state index in [2.05, 4.69) is 93.1 Å². The van der Waals surface area contributed by atoms with Gasteiger partial charge < -0.3 is 10.2 Å². The van der Waals surface area contributed by atoms with Crippen LogP contribution in [-0.4, -0.2) is 21.7 Å². The van der Waals surface area contributed by atoms with E-state index in [0.717, 1.165) is 34.4 Å². The molecule has 2 aromatic rings. The number of phenolic OH excluding ortho intramolecular Hbond substituents is 2. The van der Waals surface area contributed by atoms with Crippen LogP contribution >= 0.6 is 11.8 Å². The number of aromatic hydroxyl groups is 2. The molecule has 0 bridgehead atoms. The second kappa shape index (κ2) is 15.7. The minimum Gasteiger partial charge on any atom is -0.508 e. The Bertz CT molecular complexity index is 1020. The first-order valence-electron chi connectivity index (χ1n) is 16.4. The fraction of sp³-hybridized carbons (Fsp3) is 0.684. The molecular weight excluding hydrogens is 520 g/mol. The molecule has 2 nitrogen and oxygen atoms in total. The SMILES string of the molecule is CCCCCCCCCCCCSCCC(C)(c1cc(O)c(C(C)(C)C)cc1C)c1cc(O)c(C(C)(C)C)cc1C. The van der Waals surface area contributed by atoms with Gasteiger partial charge in [-0.1, -0.05) is 125 Å². The largest absolute Gasteiger partial charge is 0.508 e. The topological polar surface area (TPSA) is 40.5 Å². The Morgan fingerprint density at radius 2 is 0.927 bits per heavy atom. The molecular formula is C38H62O2S. The molecule has 2 aromatic carbocycles. The molecule has 0 spiro atoms. The Morgan fingerprint density at radius 1 is 0.537 bits per heavy atom. The van der Waals surface area contributed by atoms with Gasteiger partial charge in [0.25, 0.3) is 0 Å². The van der Waals surface area contributed by atoms with Crippen molar-refractivity contribution in [2.24, 2.45) is 0 Å². The lowest BCUT2D eigenvalue weighted by atomic mass is 9.69. The smallest absolute Gasteiger partial charge is 0.119 e. The van der Waals surface area contributed by atoms with Gasteiger partial charge in [-0.2, -0.15) is 11.8 Å². The Kier molecular flexibility index (Phi) is 13.7. The summed E-state index contributed by atoms with van der Waals surface area (Å²) >= 11 is 2.06. The van der Waals surface area contributed by atoms with E-state index in [1.54, 1.807) is 0 Å². The van der Waals surface area contributed by atoms with Gasteiger partial charge in [-0.3, -0.25) is 0 Å². The van der Waals surface area contributed by atoms with E-state index in [-0.39, 0.29) is 16.2 Å². The molecule has 3 heteroatoms. The van der Waals surface area contributed by atoms with Crippen LogP contribution in [0.1, 0.15) is 159 Å². The maximum atomic E-state index is 11.2. The fourth-order valence-electron chi connectivity index (χ4n) is 6.27. The van der Waals surface area contributed by atoms with Crippen LogP contribution in [0.5, 0.6) is 11.5 Å². The molecule has 2 rings (SSSR count). The van der Waals surface area contributed by atoms with Crippen molar-refractivity contribution in [1.82, 2.24) is 0 Å². The Morgan fingerprint density at radius 3 is 1.32 bits per heavy atom. The maximum Gasteiger partial charge on any atom is 0.119 e. The number of aryl methyl sites for hydroxylation is 2. The lowest BCUT2D eigenvalue weighted by Crippen LogP contribution is -2.28. The molecule has 0 aromatic heterocycles. The molecule has 232 valence electrons. The summed E-state index contributed by atoms with van der Waals surface area (Å²) in [5, 5.41) is 22.3. The second-order valence-corrected chi connectivity index (χ2v) is 16.0. The van der Waals surface area contributed by atoms with E-state index >= 15 is 0 Å². The monoisotopic (exact) mass is 582 g/mol. The molecule has 0 aliphatic carbocycles. The highest BCUT2D eigenvalue weighted by Crippen LogP contribution is 2.46. The first-order valence-corrected chi connectivity index (χ1v) is 17.5. The van der Waals surface area contributed by atoms with Crippen molar-refractivity contribution >= 4 is 11.8 Å². The molecule has 0 aliphatic rings. The molecule has 2 N–H and O–H groups in total. The standard InChI is InChI=1S/C38H62O2S/c1-11-12-13-14-15-16-17-18-19-20-22-41-23-21-38(10,30-26-34(39)32(24-28(30)2)36(4,5)6)31-27-35(40)33(25-29(31)3)37(7,8)9/h24-27,39-40H,11-23H2,1-10H3. The van der Waals surface area contributed by atoms with E-state index in [4.69, 9.17) is 0 Å². The first-order chi connectivity index (χ1) is 19.1. The van der Waals surface area contributed by atoms with Gasteiger partial charge in [0.15, 0.2) is 0 Å². The van der Waals surface area contributed by atoms with Crippen molar-refractivity contribution < 1.29 is 10.2 Å². The zero-order chi connectivity index (χ0) is 30.8. The number of unbranched alkanes of at least 4 members (excludes halogenated alkanes) is 9. The summed E-state index contributed by atoms with van der Waals surface area (Å²) in [6, 6.07) is 8.38. The average molecular weight is 583 g/mol. The second-order valence-electron chi connectivity index (χ2n) is 14.7. The van der Waals surface area contributed by atoms with Gasteiger partial charge in [0.1, 0.15) is 11.5 Å². The predicted octanol–water partition coefficient (Wildman–Crippen LogP) is 11.7. The van der Waals surface area contributed by atoms with Gasteiger partial charge in [-0.05, 0) is 94.5 Å². The Balaban J connectivity index is 2.18. The Labute approximate surface area is 258 Å². The lowest BCUT2D eigenvalue weighted by Gasteiger charge is -2.36. The highest BCUT2D eigenvalue weighted by atomic mass is 32.2. The van der Waals surface area contributed by atoms with Crippen LogP contribution in [0, 0.1) is 13.8 Å². The number of hydrogen-bond donors (Lipinski definition) is 2. The van der Waals surface area contributed by atoms with Gasteiger partial charge in [0, 0.05) is 5.41 Å². The summed E-state index contributed by atoms with van der Waals surface area (Å²) in [6.45, 7) is 21.9. The van der Waals surface area contributed by atoms with Crippen LogP contribution in [0.2, 0.25) is 0 Å². The summed E-state index contributed by atoms with van der Waals surface area (Å²) in [5.74, 6) is 3.00. The van der Waals surface area contributed by atoms with Crippen LogP contribution < -0.4 is 0 Å². The van der Waals surface area contributed by atoms with Gasteiger partial charge in [-0.25, -0.2) is 0 Å². The summed E-state index contributed by atoms with van der Waals surface area (Å²) in [4.78, 5) is 0. The molecule has 0 unspecified atom stereocenters. The number of benzene rings is 2. The summed E-state index contributed by atoms with van der Waals surface area (Å²) in [6.07, 6.45) is 14.7. The van der Waals surface area contributed by atoms with Crippen LogP contribution in [-0.2, 0) is 16.2 Å². The minimum absolute atomic E-state index is 0.128. The molecule has 0 saturated heterocycles. The normalized spacial score (nSPS) is 12.7. The van der Waals surface area contributed by atoms with E-state index in [9.17, 15) is 10.2 Å². The van der Waals surface area contributed by atoms with Crippen molar-refractivity contribution in [3.63, 3.8) is 0 Å². The van der Waals surface area contributed by atoms with E-state index in [1.807, 2.05) is 12.1 Å². The van der Waals surface area contributed by atoms with Crippen molar-refractivity contribution in [2.45, 2.75) is 156 Å². The van der Waals surface area contributed by atoms with Gasteiger partial charge in [0.05, 0.1) is 0 Å². The van der Waals surface area contributed by atoms with Crippen LogP contribution in [0.4, 0.5) is 0 Å². The molecule has 0 saturated carbocycles. The maximum absolute atomic E-state index is 11.2.